The highest BCUT2D eigenvalue weighted by atomic mass is 16.5. The third-order valence-corrected chi connectivity index (χ3v) is 6.72. The molecular formula is C25H28N4O4. The minimum atomic E-state index is -0.791. The van der Waals surface area contributed by atoms with Crippen molar-refractivity contribution in [3.05, 3.63) is 54.0 Å². The number of fused-ring (bicyclic) bond motifs is 2. The quantitative estimate of drug-likeness (QED) is 0.551. The summed E-state index contributed by atoms with van der Waals surface area (Å²) in [5.74, 6) is -0.218. The van der Waals surface area contributed by atoms with Crippen LogP contribution in [0.5, 0.6) is 0 Å². The predicted molar refractivity (Wildman–Crippen MR) is 122 cm³/mol. The van der Waals surface area contributed by atoms with Crippen LogP contribution in [0.2, 0.25) is 0 Å². The standard InChI is InChI=1S/C25H28N4O4/c1-23(2,3)21-28-29-22(33-21)27-18-8-9-19(26-13-18)16-4-6-17(7-5-16)24-10-11-25(14-24,32-15-24)12-20(30)31/h4-9,13H,10-12,14-15H2,1-3H3,(H,27,29)(H,30,31). The second-order valence-corrected chi connectivity index (χ2v) is 10.3. The number of benzene rings is 1. The molecule has 2 aromatic heterocycles. The number of ether oxygens (including phenoxy) is 1. The molecule has 1 saturated carbocycles. The zero-order valence-corrected chi connectivity index (χ0v) is 19.1. The van der Waals surface area contributed by atoms with E-state index in [9.17, 15) is 9.90 Å². The van der Waals surface area contributed by atoms with Crippen LogP contribution in [0.4, 0.5) is 11.7 Å². The molecule has 0 radical (unpaired) electrons. The molecule has 2 fully saturated rings. The summed E-state index contributed by atoms with van der Waals surface area (Å²) in [7, 11) is 0. The average molecular weight is 449 g/mol. The minimum Gasteiger partial charge on any atom is -0.481 e. The van der Waals surface area contributed by atoms with Gasteiger partial charge in [0.1, 0.15) is 0 Å². The van der Waals surface area contributed by atoms with Crippen LogP contribution in [0, 0.1) is 0 Å². The highest BCUT2D eigenvalue weighted by Gasteiger charge is 2.57. The smallest absolute Gasteiger partial charge is 0.320 e. The van der Waals surface area contributed by atoms with Crippen molar-refractivity contribution in [2.45, 2.75) is 62.9 Å². The van der Waals surface area contributed by atoms with Crippen LogP contribution in [0.3, 0.4) is 0 Å². The fourth-order valence-electron chi connectivity index (χ4n) is 4.94. The Labute approximate surface area is 192 Å². The number of rotatable bonds is 6. The first-order valence-corrected chi connectivity index (χ1v) is 11.2. The third kappa shape index (κ3) is 4.11. The van der Waals surface area contributed by atoms with Gasteiger partial charge in [-0.15, -0.1) is 5.10 Å². The van der Waals surface area contributed by atoms with Gasteiger partial charge in [-0.2, -0.15) is 0 Å². The molecule has 8 nitrogen and oxygen atoms in total. The Morgan fingerprint density at radius 1 is 1.12 bits per heavy atom. The van der Waals surface area contributed by atoms with Gasteiger partial charge in [-0.3, -0.25) is 9.78 Å². The van der Waals surface area contributed by atoms with Crippen LogP contribution in [0.25, 0.3) is 11.3 Å². The van der Waals surface area contributed by atoms with Crippen LogP contribution in [-0.2, 0) is 20.4 Å². The van der Waals surface area contributed by atoms with E-state index in [0.29, 0.717) is 18.5 Å². The van der Waals surface area contributed by atoms with E-state index in [1.165, 1.54) is 5.56 Å². The fourth-order valence-corrected chi connectivity index (χ4v) is 4.94. The number of aliphatic carboxylic acids is 1. The van der Waals surface area contributed by atoms with Crippen LogP contribution < -0.4 is 5.32 Å². The Kier molecular flexibility index (Phi) is 5.01. The highest BCUT2D eigenvalue weighted by molar-refractivity contribution is 5.68. The number of hydrogen-bond acceptors (Lipinski definition) is 7. The lowest BCUT2D eigenvalue weighted by atomic mass is 9.79. The molecule has 2 N–H and O–H groups in total. The molecule has 0 amide bonds. The molecule has 1 aliphatic heterocycles. The van der Waals surface area contributed by atoms with E-state index in [1.807, 2.05) is 32.9 Å². The number of carbonyl (C=O) groups is 1. The van der Waals surface area contributed by atoms with Crippen molar-refractivity contribution in [3.8, 4) is 11.3 Å². The molecule has 2 aliphatic rings. The number of carboxylic acid groups (broad SMARTS) is 1. The van der Waals surface area contributed by atoms with E-state index in [2.05, 4.69) is 44.8 Å². The Morgan fingerprint density at radius 2 is 1.91 bits per heavy atom. The molecule has 33 heavy (non-hydrogen) atoms. The summed E-state index contributed by atoms with van der Waals surface area (Å²) in [6, 6.07) is 12.6. The van der Waals surface area contributed by atoms with Gasteiger partial charge in [0.25, 0.3) is 0 Å². The van der Waals surface area contributed by atoms with E-state index in [-0.39, 0.29) is 17.3 Å². The SMILES string of the molecule is CC(C)(C)c1nnc(Nc2ccc(-c3ccc(C45CCC(CC(=O)O)(C4)OC5)cc3)nc2)o1. The van der Waals surface area contributed by atoms with Crippen molar-refractivity contribution in [2.24, 2.45) is 0 Å². The van der Waals surface area contributed by atoms with E-state index < -0.39 is 11.6 Å². The van der Waals surface area contributed by atoms with Gasteiger partial charge >= 0.3 is 12.0 Å². The lowest BCUT2D eigenvalue weighted by Gasteiger charge is -2.28. The average Bonchev–Trinajstić information content (AvgIpc) is 3.48. The predicted octanol–water partition coefficient (Wildman–Crippen LogP) is 4.84. The number of pyridine rings is 1. The Balaban J connectivity index is 1.27. The molecule has 2 atom stereocenters. The highest BCUT2D eigenvalue weighted by Crippen LogP contribution is 2.55. The van der Waals surface area contributed by atoms with Crippen LogP contribution in [0.1, 0.15) is 57.9 Å². The van der Waals surface area contributed by atoms with Crippen molar-refractivity contribution in [1.29, 1.82) is 0 Å². The van der Waals surface area contributed by atoms with E-state index in [1.54, 1.807) is 6.20 Å². The van der Waals surface area contributed by atoms with Gasteiger partial charge in [-0.1, -0.05) is 50.1 Å². The van der Waals surface area contributed by atoms with Gasteiger partial charge in [-0.05, 0) is 37.0 Å². The first kappa shape index (κ1) is 21.6. The summed E-state index contributed by atoms with van der Waals surface area (Å²) in [5, 5.41) is 20.5. The van der Waals surface area contributed by atoms with Crippen LogP contribution in [0.15, 0.2) is 47.0 Å². The first-order valence-electron chi connectivity index (χ1n) is 11.2. The van der Waals surface area contributed by atoms with Gasteiger partial charge < -0.3 is 19.6 Å². The Bertz CT molecular complexity index is 1150. The van der Waals surface area contributed by atoms with Gasteiger partial charge in [-0.25, -0.2) is 0 Å². The zero-order chi connectivity index (χ0) is 23.3. The van der Waals surface area contributed by atoms with Crippen molar-refractivity contribution in [3.63, 3.8) is 0 Å². The molecule has 0 spiro atoms. The largest absolute Gasteiger partial charge is 0.481 e. The summed E-state index contributed by atoms with van der Waals surface area (Å²) in [4.78, 5) is 15.8. The molecule has 3 aromatic rings. The molecule has 2 bridgehead atoms. The monoisotopic (exact) mass is 448 g/mol. The molecular weight excluding hydrogens is 420 g/mol. The van der Waals surface area contributed by atoms with Crippen molar-refractivity contribution in [2.75, 3.05) is 11.9 Å². The van der Waals surface area contributed by atoms with E-state index in [0.717, 1.165) is 36.2 Å². The molecule has 1 aliphatic carbocycles. The summed E-state index contributed by atoms with van der Waals surface area (Å²) in [6.45, 7) is 6.64. The molecule has 1 aromatic carbocycles. The number of nitrogens with zero attached hydrogens (tertiary/aromatic N) is 3. The zero-order valence-electron chi connectivity index (χ0n) is 19.1. The van der Waals surface area contributed by atoms with Crippen molar-refractivity contribution < 1.29 is 19.1 Å². The Hall–Kier alpha value is -3.26. The lowest BCUT2D eigenvalue weighted by molar-refractivity contribution is -0.143. The molecule has 8 heteroatoms. The summed E-state index contributed by atoms with van der Waals surface area (Å²) >= 11 is 0. The van der Waals surface area contributed by atoms with E-state index in [4.69, 9.17) is 9.15 Å². The topological polar surface area (TPSA) is 110 Å². The number of hydrogen-bond donors (Lipinski definition) is 2. The lowest BCUT2D eigenvalue weighted by Crippen LogP contribution is -2.30. The minimum absolute atomic E-state index is 0.0782. The Morgan fingerprint density at radius 3 is 2.48 bits per heavy atom. The van der Waals surface area contributed by atoms with Crippen molar-refractivity contribution in [1.82, 2.24) is 15.2 Å². The molecule has 172 valence electrons. The summed E-state index contributed by atoms with van der Waals surface area (Å²) < 4.78 is 11.7. The second-order valence-electron chi connectivity index (χ2n) is 10.3. The number of anilines is 2. The molecule has 5 rings (SSSR count). The van der Waals surface area contributed by atoms with Gasteiger partial charge in [0.2, 0.25) is 5.89 Å². The molecule has 2 unspecified atom stereocenters. The molecule has 1 saturated heterocycles. The second kappa shape index (κ2) is 7.66. The summed E-state index contributed by atoms with van der Waals surface area (Å²) in [5.41, 5.74) is 3.07. The fraction of sp³-hybridized carbons (Fsp3) is 0.440. The maximum absolute atomic E-state index is 11.2. The van der Waals surface area contributed by atoms with E-state index >= 15 is 0 Å². The van der Waals surface area contributed by atoms with Gasteiger partial charge in [0, 0.05) is 16.4 Å². The number of aromatic nitrogens is 3. The van der Waals surface area contributed by atoms with Crippen LogP contribution >= 0.6 is 0 Å². The number of nitrogens with one attached hydrogen (secondary N) is 1. The van der Waals surface area contributed by atoms with Gasteiger partial charge in [0.15, 0.2) is 0 Å². The maximum atomic E-state index is 11.2. The third-order valence-electron chi connectivity index (χ3n) is 6.72. The first-order chi connectivity index (χ1) is 15.7. The van der Waals surface area contributed by atoms with Crippen molar-refractivity contribution >= 4 is 17.7 Å². The summed E-state index contributed by atoms with van der Waals surface area (Å²) in [6.07, 6.45) is 4.36. The van der Waals surface area contributed by atoms with Crippen LogP contribution in [-0.4, -0.2) is 38.5 Å². The number of carboxylic acids is 1. The normalized spacial score (nSPS) is 24.2. The maximum Gasteiger partial charge on any atom is 0.320 e. The van der Waals surface area contributed by atoms with Gasteiger partial charge in [0.05, 0.1) is 36.2 Å². The molecule has 3 heterocycles.